The van der Waals surface area contributed by atoms with Gasteiger partial charge in [0, 0.05) is 41.9 Å². The fraction of sp³-hybridized carbons (Fsp3) is 0.471. The number of aromatic nitrogens is 4. The Morgan fingerprint density at radius 1 is 0.780 bits per heavy atom. The van der Waals surface area contributed by atoms with Crippen molar-refractivity contribution in [3.8, 4) is 0 Å². The van der Waals surface area contributed by atoms with Crippen molar-refractivity contribution in [2.45, 2.75) is 68.9 Å². The van der Waals surface area contributed by atoms with Gasteiger partial charge in [0.15, 0.2) is 0 Å². The molecule has 4 nitrogen and oxygen atoms in total. The van der Waals surface area contributed by atoms with Crippen molar-refractivity contribution >= 4 is 18.5 Å². The zero-order chi connectivity index (χ0) is 28.0. The molecule has 0 N–H and O–H groups in total. The minimum atomic E-state index is -0.706. The first kappa shape index (κ1) is 30.7. The van der Waals surface area contributed by atoms with Crippen LogP contribution in [0.25, 0.3) is 0 Å². The molecule has 41 heavy (non-hydrogen) atoms. The van der Waals surface area contributed by atoms with Gasteiger partial charge in [-0.2, -0.15) is 28.8 Å². The number of hydrogen-bond donors (Lipinski definition) is 0. The molecule has 2 aromatic heterocycles. The Morgan fingerprint density at radius 2 is 1.22 bits per heavy atom. The van der Waals surface area contributed by atoms with Crippen molar-refractivity contribution in [2.24, 2.45) is 23.7 Å². The molecule has 2 atom stereocenters. The van der Waals surface area contributed by atoms with E-state index in [0.717, 1.165) is 41.5 Å². The zero-order valence-corrected chi connectivity index (χ0v) is 27.8. The van der Waals surface area contributed by atoms with Gasteiger partial charge in [-0.25, -0.2) is 19.9 Å². The van der Waals surface area contributed by atoms with Crippen molar-refractivity contribution in [1.82, 2.24) is 19.9 Å². The molecule has 4 fully saturated rings. The molecule has 2 unspecified atom stereocenters. The first-order valence-electron chi connectivity index (χ1n) is 14.8. The summed E-state index contributed by atoms with van der Waals surface area (Å²) in [5.41, 5.74) is 4.37. The van der Waals surface area contributed by atoms with Gasteiger partial charge in [-0.05, 0) is 74.1 Å². The molecule has 0 aliphatic heterocycles. The van der Waals surface area contributed by atoms with Crippen LogP contribution in [0.1, 0.15) is 81.2 Å². The van der Waals surface area contributed by atoms with Crippen LogP contribution in [0, 0.1) is 23.7 Å². The Labute approximate surface area is 261 Å². The number of rotatable bonds is 5. The molecule has 4 aliphatic rings. The van der Waals surface area contributed by atoms with Crippen LogP contribution in [0.15, 0.2) is 79.4 Å². The maximum atomic E-state index is 4.78. The van der Waals surface area contributed by atoms with Gasteiger partial charge in [0.2, 0.25) is 0 Å². The first-order chi connectivity index (χ1) is 19.3. The summed E-state index contributed by atoms with van der Waals surface area (Å²) in [6.45, 7) is 6.97. The minimum Gasteiger partial charge on any atom is -0.748 e. The van der Waals surface area contributed by atoms with Gasteiger partial charge >= 0.3 is 0 Å². The van der Waals surface area contributed by atoms with Crippen molar-refractivity contribution in [3.63, 3.8) is 0 Å². The summed E-state index contributed by atoms with van der Waals surface area (Å²) in [5, 5.41) is -0.706. The van der Waals surface area contributed by atoms with Crippen LogP contribution in [0.4, 0.5) is 0 Å². The van der Waals surface area contributed by atoms with E-state index in [0.29, 0.717) is 0 Å². The van der Waals surface area contributed by atoms with Crippen LogP contribution >= 0.6 is 18.5 Å². The fourth-order valence-corrected chi connectivity index (χ4v) is 9.65. The van der Waals surface area contributed by atoms with Crippen LogP contribution in [0.3, 0.4) is 0 Å². The predicted octanol–water partition coefficient (Wildman–Crippen LogP) is 7.42. The largest absolute Gasteiger partial charge is 0.748 e. The molecule has 4 saturated carbocycles. The zero-order valence-electron chi connectivity index (χ0n) is 24.4. The molecule has 222 valence electrons. The maximum absolute atomic E-state index is 4.78. The van der Waals surface area contributed by atoms with E-state index in [-0.39, 0.29) is 27.9 Å². The Morgan fingerprint density at radius 3 is 1.61 bits per heavy atom. The van der Waals surface area contributed by atoms with E-state index in [1.165, 1.54) is 48.8 Å². The molecule has 2 aromatic carbocycles. The topological polar surface area (TPSA) is 51.6 Å². The van der Waals surface area contributed by atoms with Crippen LogP contribution in [-0.4, -0.2) is 26.1 Å². The molecule has 0 spiro atoms. The van der Waals surface area contributed by atoms with E-state index in [2.05, 4.69) is 51.4 Å². The van der Waals surface area contributed by atoms with Crippen LogP contribution in [0.5, 0.6) is 0 Å². The molecule has 8 rings (SSSR count). The van der Waals surface area contributed by atoms with E-state index < -0.39 is 5.16 Å². The van der Waals surface area contributed by atoms with Crippen LogP contribution < -0.4 is 0 Å². The van der Waals surface area contributed by atoms with E-state index >= 15 is 0 Å². The average molecular weight is 625 g/mol. The Kier molecular flexibility index (Phi) is 9.05. The molecule has 7 heteroatoms. The monoisotopic (exact) mass is 624 g/mol. The Balaban J connectivity index is 0.000000510. The molecule has 0 saturated heterocycles. The van der Waals surface area contributed by atoms with Crippen LogP contribution in [-0.2, 0) is 33.1 Å². The van der Waals surface area contributed by atoms with Crippen molar-refractivity contribution < 1.29 is 17.1 Å². The Bertz CT molecular complexity index is 1310. The molecule has 0 amide bonds. The third-order valence-corrected chi connectivity index (χ3v) is 11.5. The second kappa shape index (κ2) is 12.1. The summed E-state index contributed by atoms with van der Waals surface area (Å²) >= 11 is 0. The molecule has 2 heterocycles. The summed E-state index contributed by atoms with van der Waals surface area (Å²) < 4.78 is 0. The van der Waals surface area contributed by atoms with E-state index in [1.807, 2.05) is 67.3 Å². The van der Waals surface area contributed by atoms with Crippen molar-refractivity contribution in [3.05, 3.63) is 108 Å². The summed E-state index contributed by atoms with van der Waals surface area (Å²) in [7, 11) is 6.30. The van der Waals surface area contributed by atoms with Gasteiger partial charge in [0.25, 0.3) is 0 Å². The van der Waals surface area contributed by atoms with Gasteiger partial charge in [-0.3, -0.25) is 0 Å². The summed E-state index contributed by atoms with van der Waals surface area (Å²) in [4.78, 5) is 19.1. The molecule has 4 aromatic rings. The van der Waals surface area contributed by atoms with E-state index in [1.54, 1.807) is 0 Å². The van der Waals surface area contributed by atoms with E-state index in [4.69, 9.17) is 19.9 Å². The molecule has 4 aliphatic carbocycles. The molecule has 4 bridgehead atoms. The number of nitrogens with zero attached hydrogens (tertiary/aromatic N) is 4. The van der Waals surface area contributed by atoms with Gasteiger partial charge in [-0.1, -0.05) is 31.6 Å². The summed E-state index contributed by atoms with van der Waals surface area (Å²) in [6, 6.07) is 18.7. The maximum Gasteiger partial charge on any atom is 0.137 e. The normalized spacial score (nSPS) is 26.7. The second-order valence-electron chi connectivity index (χ2n) is 13.3. The predicted molar refractivity (Wildman–Crippen MR) is 170 cm³/mol. The van der Waals surface area contributed by atoms with Crippen molar-refractivity contribution in [2.75, 3.05) is 6.16 Å². The standard InChI is InChI=1S/C29H37N4P2.C5H5.Fe/c1-27(2,3)20-15-23(28(17-34)21-11-18-10-19(13-21)14-22(28)12-18)24(16-20)29(35,25-30-6-4-7-31-25)26-32-8-5-9-33-26;1-2-4-5-3-1;/h4-9,15-16,18-19,21-22H,10-14,17,34-35H2,1-3H3;1-5H;/q-1;-5;. The van der Waals surface area contributed by atoms with Gasteiger partial charge < -0.3 is 30.3 Å². The first-order valence-corrected chi connectivity index (χ1v) is 16.2. The number of hydrogen-bond acceptors (Lipinski definition) is 4. The second-order valence-corrected chi connectivity index (χ2v) is 14.6. The van der Waals surface area contributed by atoms with Crippen LogP contribution in [0.2, 0.25) is 0 Å². The molecular formula is C34H42FeN4P2-6. The summed E-state index contributed by atoms with van der Waals surface area (Å²) in [6.07, 6.45) is 15.4. The molecular weight excluding hydrogens is 582 g/mol. The SMILES string of the molecule is CC(C)(C)[c-]1cc(C(P)(c2ncccn2)c2ncccn2)c(C2(CP)C3CC4CC(C3)CC2C4)c1.[Fe].[cH-]1[cH-][cH-][cH-][cH-]1. The Hall–Kier alpha value is -1.76. The molecule has 0 radical (unpaired) electrons. The van der Waals surface area contributed by atoms with Gasteiger partial charge in [0.1, 0.15) is 11.6 Å². The fourth-order valence-electron chi connectivity index (χ4n) is 8.23. The van der Waals surface area contributed by atoms with E-state index in [9.17, 15) is 0 Å². The van der Waals surface area contributed by atoms with Gasteiger partial charge in [0.05, 0.1) is 5.16 Å². The smallest absolute Gasteiger partial charge is 0.137 e. The minimum absolute atomic E-state index is 0. The van der Waals surface area contributed by atoms with Crippen molar-refractivity contribution in [1.29, 1.82) is 0 Å². The van der Waals surface area contributed by atoms with Gasteiger partial charge in [-0.15, -0.1) is 18.5 Å². The summed E-state index contributed by atoms with van der Waals surface area (Å²) in [5.74, 6) is 4.83. The average Bonchev–Trinajstić information content (AvgIpc) is 3.68. The third-order valence-electron chi connectivity index (χ3n) is 10.0. The quantitative estimate of drug-likeness (QED) is 0.132. The third kappa shape index (κ3) is 5.42.